The second-order valence-corrected chi connectivity index (χ2v) is 14.0. The van der Waals surface area contributed by atoms with Crippen LogP contribution in [0.5, 0.6) is 0 Å². The van der Waals surface area contributed by atoms with Crippen LogP contribution in [0, 0.1) is 0 Å². The number of unbranched alkanes of at least 4 members (excludes halogenated alkanes) is 2. The van der Waals surface area contributed by atoms with Crippen molar-refractivity contribution in [3.63, 3.8) is 0 Å². The molecule has 0 aromatic heterocycles. The first-order valence-electron chi connectivity index (χ1n) is 21.6. The lowest BCUT2D eigenvalue weighted by Gasteiger charge is -2.39. The monoisotopic (exact) mass is 823 g/mol. The van der Waals surface area contributed by atoms with E-state index in [2.05, 4.69) is 123 Å². The number of esters is 2. The summed E-state index contributed by atoms with van der Waals surface area (Å²) in [6.45, 7) is 3.04. The Morgan fingerprint density at radius 1 is 0.525 bits per heavy atom. The fourth-order valence-corrected chi connectivity index (χ4v) is 5.50. The molecule has 0 amide bonds. The summed E-state index contributed by atoms with van der Waals surface area (Å²) in [7, 11) is 0. The average molecular weight is 823 g/mol. The number of carbonyl (C=O) groups is 2. The van der Waals surface area contributed by atoms with E-state index in [1.165, 1.54) is 0 Å². The maximum atomic E-state index is 12.7. The second kappa shape index (κ2) is 38.3. The van der Waals surface area contributed by atoms with Crippen molar-refractivity contribution in [2.45, 2.75) is 153 Å². The molecular formula is C49H74O10. The molecule has 0 saturated carbocycles. The number of hydrogen-bond donors (Lipinski definition) is 4. The molecule has 1 rings (SSSR count). The number of rotatable bonds is 33. The van der Waals surface area contributed by atoms with E-state index in [1.807, 2.05) is 12.2 Å². The summed E-state index contributed by atoms with van der Waals surface area (Å²) in [4.78, 5) is 25.3. The molecular weight excluding hydrogens is 749 g/mol. The quantitative estimate of drug-likeness (QED) is 0.0287. The Kier molecular flexibility index (Phi) is 34.5. The van der Waals surface area contributed by atoms with Crippen molar-refractivity contribution in [3.05, 3.63) is 122 Å². The summed E-state index contributed by atoms with van der Waals surface area (Å²) in [6.07, 6.45) is 46.5. The SMILES string of the molecule is CC/C=C/C/C=C/C/C=C/C/C=C/C/C=C/C/C=C/CCC(=O)OC[C@@H](CO[C@H]1O[C@@H](CO)[C@@H](O)C(O)C1O)OC(=O)CCCC/C=C/C/C=C/C/C=C/C/C=C/CC. The van der Waals surface area contributed by atoms with E-state index in [1.54, 1.807) is 0 Å². The van der Waals surface area contributed by atoms with E-state index >= 15 is 0 Å². The molecule has 0 radical (unpaired) electrons. The zero-order valence-corrected chi connectivity index (χ0v) is 35.7. The molecule has 10 nitrogen and oxygen atoms in total. The van der Waals surface area contributed by atoms with Gasteiger partial charge in [0, 0.05) is 12.8 Å². The Bertz CT molecular complexity index is 1370. The Labute approximate surface area is 354 Å². The highest BCUT2D eigenvalue weighted by molar-refractivity contribution is 5.70. The molecule has 0 aromatic rings. The number of hydrogen-bond acceptors (Lipinski definition) is 10. The molecule has 0 spiro atoms. The van der Waals surface area contributed by atoms with Crippen molar-refractivity contribution in [2.24, 2.45) is 0 Å². The average Bonchev–Trinajstić information content (AvgIpc) is 3.23. The van der Waals surface area contributed by atoms with Crippen LogP contribution in [-0.4, -0.2) is 89.0 Å². The van der Waals surface area contributed by atoms with Crippen LogP contribution in [0.25, 0.3) is 0 Å². The lowest BCUT2D eigenvalue weighted by atomic mass is 9.99. The van der Waals surface area contributed by atoms with E-state index in [4.69, 9.17) is 18.9 Å². The number of allylic oxidation sites excluding steroid dienone is 20. The lowest BCUT2D eigenvalue weighted by Crippen LogP contribution is -2.59. The molecule has 6 atom stereocenters. The van der Waals surface area contributed by atoms with Gasteiger partial charge in [-0.15, -0.1) is 0 Å². The highest BCUT2D eigenvalue weighted by Gasteiger charge is 2.44. The van der Waals surface area contributed by atoms with Gasteiger partial charge in [0.05, 0.1) is 13.2 Å². The van der Waals surface area contributed by atoms with Crippen LogP contribution in [-0.2, 0) is 28.5 Å². The van der Waals surface area contributed by atoms with Crippen molar-refractivity contribution < 1.29 is 49.0 Å². The van der Waals surface area contributed by atoms with Gasteiger partial charge in [-0.2, -0.15) is 0 Å². The minimum Gasteiger partial charge on any atom is -0.462 e. The Morgan fingerprint density at radius 3 is 1.42 bits per heavy atom. The van der Waals surface area contributed by atoms with Gasteiger partial charge < -0.3 is 39.4 Å². The molecule has 0 aromatic carbocycles. The number of ether oxygens (including phenoxy) is 4. The first kappa shape index (κ1) is 53.1. The predicted octanol–water partition coefficient (Wildman–Crippen LogP) is 9.10. The molecule has 2 unspecified atom stereocenters. The summed E-state index contributed by atoms with van der Waals surface area (Å²) < 4.78 is 22.0. The largest absolute Gasteiger partial charge is 0.462 e. The van der Waals surface area contributed by atoms with E-state index in [0.29, 0.717) is 12.8 Å². The molecule has 0 aliphatic carbocycles. The Balaban J connectivity index is 2.45. The fraction of sp³-hybridized carbons (Fsp3) is 0.551. The number of aliphatic hydroxyl groups excluding tert-OH is 4. The summed E-state index contributed by atoms with van der Waals surface area (Å²) in [5.41, 5.74) is 0. The smallest absolute Gasteiger partial charge is 0.306 e. The van der Waals surface area contributed by atoms with E-state index < -0.39 is 55.4 Å². The maximum Gasteiger partial charge on any atom is 0.306 e. The van der Waals surface area contributed by atoms with Gasteiger partial charge in [-0.3, -0.25) is 9.59 Å². The van der Waals surface area contributed by atoms with E-state index in [-0.39, 0.29) is 26.1 Å². The van der Waals surface area contributed by atoms with Gasteiger partial charge >= 0.3 is 11.9 Å². The zero-order chi connectivity index (χ0) is 43.0. The molecule has 1 aliphatic rings. The summed E-state index contributed by atoms with van der Waals surface area (Å²) in [5.74, 6) is -0.970. The van der Waals surface area contributed by atoms with Crippen LogP contribution in [0.3, 0.4) is 0 Å². The molecule has 1 heterocycles. The maximum absolute atomic E-state index is 12.7. The molecule has 4 N–H and O–H groups in total. The second-order valence-electron chi connectivity index (χ2n) is 14.0. The van der Waals surface area contributed by atoms with E-state index in [0.717, 1.165) is 77.0 Å². The fourth-order valence-electron chi connectivity index (χ4n) is 5.50. The first-order valence-corrected chi connectivity index (χ1v) is 21.6. The van der Waals surface area contributed by atoms with Gasteiger partial charge in [0.15, 0.2) is 12.4 Å². The molecule has 1 saturated heterocycles. The Morgan fingerprint density at radius 2 is 0.966 bits per heavy atom. The van der Waals surface area contributed by atoms with Crippen molar-refractivity contribution in [1.29, 1.82) is 0 Å². The third-order valence-corrected chi connectivity index (χ3v) is 8.86. The van der Waals surface area contributed by atoms with Gasteiger partial charge in [-0.25, -0.2) is 0 Å². The van der Waals surface area contributed by atoms with Gasteiger partial charge in [-0.1, -0.05) is 135 Å². The lowest BCUT2D eigenvalue weighted by molar-refractivity contribution is -0.305. The topological polar surface area (TPSA) is 152 Å². The molecule has 10 heteroatoms. The van der Waals surface area contributed by atoms with Crippen molar-refractivity contribution >= 4 is 11.9 Å². The van der Waals surface area contributed by atoms with E-state index in [9.17, 15) is 30.0 Å². The third-order valence-electron chi connectivity index (χ3n) is 8.86. The first-order chi connectivity index (χ1) is 28.8. The van der Waals surface area contributed by atoms with Gasteiger partial charge in [0.1, 0.15) is 31.0 Å². The summed E-state index contributed by atoms with van der Waals surface area (Å²) >= 11 is 0. The van der Waals surface area contributed by atoms with Crippen LogP contribution in [0.1, 0.15) is 117 Å². The molecule has 59 heavy (non-hydrogen) atoms. The normalized spacial score (nSPS) is 21.2. The minimum atomic E-state index is -1.62. The molecule has 0 bridgehead atoms. The summed E-state index contributed by atoms with van der Waals surface area (Å²) in [6, 6.07) is 0. The minimum absolute atomic E-state index is 0.133. The van der Waals surface area contributed by atoms with Crippen LogP contribution in [0.4, 0.5) is 0 Å². The third kappa shape index (κ3) is 29.9. The van der Waals surface area contributed by atoms with Crippen molar-refractivity contribution in [2.75, 3.05) is 19.8 Å². The van der Waals surface area contributed by atoms with Gasteiger partial charge in [-0.05, 0) is 89.9 Å². The van der Waals surface area contributed by atoms with Gasteiger partial charge in [0.25, 0.3) is 0 Å². The predicted molar refractivity (Wildman–Crippen MR) is 237 cm³/mol. The molecule has 330 valence electrons. The molecule has 1 aliphatic heterocycles. The highest BCUT2D eigenvalue weighted by atomic mass is 16.7. The number of aliphatic hydroxyl groups is 4. The molecule has 1 fully saturated rings. The van der Waals surface area contributed by atoms with Crippen LogP contribution in [0.2, 0.25) is 0 Å². The Hall–Kier alpha value is -3.90. The standard InChI is InChI=1S/C49H74O10/c1-3-5-7-9-11-13-15-17-19-20-21-22-24-25-27-29-31-33-35-37-44(51)56-40-42(41-57-49-48(55)47(54)46(53)43(39-50)59-49)58-45(52)38-36-34-32-30-28-26-23-18-16-14-12-10-8-6-4-2/h5-8,11-14,17-19,21-23,25,27-28,30-31,33,42-43,46-50,53-55H,3-4,9-10,15-16,20,24,26,29,32,34-41H2,1-2H3/b7-5+,8-6+,13-11+,14-12+,19-17+,22-21+,23-18+,27-25+,30-28+,33-31+/t42-,43-,46+,47?,48?,49-/m0/s1. The van der Waals surface area contributed by atoms with Gasteiger partial charge in [0.2, 0.25) is 0 Å². The van der Waals surface area contributed by atoms with Crippen LogP contribution in [0.15, 0.2) is 122 Å². The van der Waals surface area contributed by atoms with Crippen LogP contribution < -0.4 is 0 Å². The summed E-state index contributed by atoms with van der Waals surface area (Å²) in [5, 5.41) is 40.0. The van der Waals surface area contributed by atoms with Crippen molar-refractivity contribution in [1.82, 2.24) is 0 Å². The van der Waals surface area contributed by atoms with Crippen molar-refractivity contribution in [3.8, 4) is 0 Å². The zero-order valence-electron chi connectivity index (χ0n) is 35.7. The van der Waals surface area contributed by atoms with Crippen LogP contribution >= 0.6 is 0 Å². The highest BCUT2D eigenvalue weighted by Crippen LogP contribution is 2.22. The number of carbonyl (C=O) groups excluding carboxylic acids is 2.